The van der Waals surface area contributed by atoms with Gasteiger partial charge in [-0.05, 0) is 163 Å². The molecule has 0 fully saturated rings. The van der Waals surface area contributed by atoms with E-state index >= 15 is 0 Å². The average Bonchev–Trinajstić information content (AvgIpc) is 3.30. The van der Waals surface area contributed by atoms with Crippen LogP contribution in [0, 0.1) is 48.5 Å². The van der Waals surface area contributed by atoms with E-state index in [1.165, 1.54) is 134 Å². The Hall–Kier alpha value is -7.36. The van der Waals surface area contributed by atoms with E-state index in [-0.39, 0.29) is 6.71 Å². The van der Waals surface area contributed by atoms with Crippen molar-refractivity contribution in [2.45, 2.75) is 48.5 Å². The average molecular weight is 823 g/mol. The number of hydrogen-bond acceptors (Lipinski definition) is 2. The van der Waals surface area contributed by atoms with E-state index in [0.717, 1.165) is 0 Å². The number of hydrogen-bond donors (Lipinski definition) is 0. The van der Waals surface area contributed by atoms with Crippen LogP contribution >= 0.6 is 0 Å². The summed E-state index contributed by atoms with van der Waals surface area (Å²) in [6, 6.07) is 68.6. The maximum absolute atomic E-state index is 2.63. The van der Waals surface area contributed by atoms with Crippen molar-refractivity contribution in [3.8, 4) is 44.5 Å². The summed E-state index contributed by atoms with van der Waals surface area (Å²) in [6.45, 7) is 15.7. The molecule has 0 aromatic heterocycles. The minimum absolute atomic E-state index is 0.00275. The van der Waals surface area contributed by atoms with Crippen LogP contribution < -0.4 is 26.2 Å². The summed E-state index contributed by atoms with van der Waals surface area (Å²) in [5.41, 5.74) is 29.7. The van der Waals surface area contributed by atoms with Gasteiger partial charge in [0, 0.05) is 45.0 Å². The molecule has 0 radical (unpaired) electrons. The van der Waals surface area contributed by atoms with Gasteiger partial charge in [0.05, 0.1) is 11.4 Å². The number of benzene rings is 9. The normalized spacial score (nSPS) is 12.5. The maximum atomic E-state index is 2.63. The van der Waals surface area contributed by atoms with Crippen molar-refractivity contribution in [1.29, 1.82) is 0 Å². The van der Waals surface area contributed by atoms with Crippen LogP contribution in [-0.4, -0.2) is 6.71 Å². The van der Waals surface area contributed by atoms with Crippen LogP contribution in [0.3, 0.4) is 0 Å². The predicted octanol–water partition coefficient (Wildman–Crippen LogP) is 14.6. The quantitative estimate of drug-likeness (QED) is 0.154. The number of nitrogens with zero attached hydrogens (tertiary/aromatic N) is 2. The fourth-order valence-corrected chi connectivity index (χ4v) is 10.7. The Labute approximate surface area is 379 Å². The Morgan fingerprint density at radius 2 is 0.672 bits per heavy atom. The molecular formula is C61H51BN2. The highest BCUT2D eigenvalue weighted by Gasteiger charge is 2.45. The summed E-state index contributed by atoms with van der Waals surface area (Å²) in [6.07, 6.45) is 0. The second-order valence-electron chi connectivity index (χ2n) is 18.2. The third-order valence-electron chi connectivity index (χ3n) is 13.5. The highest BCUT2D eigenvalue weighted by Crippen LogP contribution is 2.53. The van der Waals surface area contributed by atoms with E-state index in [1.54, 1.807) is 0 Å². The molecule has 2 heterocycles. The molecule has 0 amide bonds. The molecule has 2 nitrogen and oxygen atoms in total. The largest absolute Gasteiger partial charge is 0.310 e. The standard InChI is InChI=1S/C61H51BN2/c1-38-26-28-55-53(34-38)62-54-35-39(2)27-29-56(54)64(61-50(46-22-12-9-13-23-46)31-41(4)33-52(61)48-25-17-15-19-44(48)7)58-37-42(5)36-57(59(58)62)63(55)60-49(45-20-10-8-11-21-45)30-40(3)32-51(60)47-24-16-14-18-43(47)6/h8-37H,1-7H3. The van der Waals surface area contributed by atoms with Crippen LogP contribution in [0.5, 0.6) is 0 Å². The van der Waals surface area contributed by atoms with Gasteiger partial charge in [0.1, 0.15) is 0 Å². The van der Waals surface area contributed by atoms with Gasteiger partial charge in [0.15, 0.2) is 0 Å². The van der Waals surface area contributed by atoms with Gasteiger partial charge in [-0.2, -0.15) is 0 Å². The van der Waals surface area contributed by atoms with Gasteiger partial charge in [-0.25, -0.2) is 0 Å². The minimum Gasteiger partial charge on any atom is -0.310 e. The van der Waals surface area contributed by atoms with Crippen molar-refractivity contribution >= 4 is 57.2 Å². The number of rotatable bonds is 6. The monoisotopic (exact) mass is 822 g/mol. The molecule has 0 bridgehead atoms. The van der Waals surface area contributed by atoms with Crippen molar-refractivity contribution in [1.82, 2.24) is 0 Å². The first-order valence-corrected chi connectivity index (χ1v) is 22.6. The summed E-state index contributed by atoms with van der Waals surface area (Å²) >= 11 is 0. The lowest BCUT2D eigenvalue weighted by molar-refractivity contribution is 1.23. The van der Waals surface area contributed by atoms with Gasteiger partial charge in [-0.1, -0.05) is 145 Å². The topological polar surface area (TPSA) is 6.48 Å². The molecule has 0 saturated carbocycles. The van der Waals surface area contributed by atoms with E-state index in [1.807, 2.05) is 0 Å². The smallest absolute Gasteiger partial charge is 0.252 e. The molecule has 2 aliphatic rings. The molecule has 9 aromatic rings. The molecule has 0 spiro atoms. The van der Waals surface area contributed by atoms with Crippen molar-refractivity contribution < 1.29 is 0 Å². The van der Waals surface area contributed by atoms with Crippen molar-refractivity contribution in [3.05, 3.63) is 221 Å². The number of fused-ring (bicyclic) bond motifs is 4. The number of aryl methyl sites for hydroxylation is 7. The lowest BCUT2D eigenvalue weighted by Gasteiger charge is -2.46. The van der Waals surface area contributed by atoms with Crippen LogP contribution in [0.25, 0.3) is 44.5 Å². The molecular weight excluding hydrogens is 771 g/mol. The second-order valence-corrected chi connectivity index (χ2v) is 18.2. The summed E-state index contributed by atoms with van der Waals surface area (Å²) in [7, 11) is 0. The molecule has 11 rings (SSSR count). The maximum Gasteiger partial charge on any atom is 0.252 e. The lowest BCUT2D eigenvalue weighted by atomic mass is 9.33. The van der Waals surface area contributed by atoms with Crippen LogP contribution in [-0.2, 0) is 0 Å². The van der Waals surface area contributed by atoms with Crippen molar-refractivity contribution in [2.24, 2.45) is 0 Å². The van der Waals surface area contributed by atoms with Gasteiger partial charge in [0.25, 0.3) is 6.71 Å². The summed E-state index contributed by atoms with van der Waals surface area (Å²) in [4.78, 5) is 5.27. The molecule has 2 aliphatic heterocycles. The minimum atomic E-state index is 0.00275. The SMILES string of the molecule is Cc1ccc2c(c1)B1c3cc(C)ccc3N(c3c(-c4ccccc4)cc(C)cc3-c3ccccc3C)c3cc(C)cc(c31)N2c1c(-c2ccccc2)cc(C)cc1-c1ccccc1C. The van der Waals surface area contributed by atoms with Gasteiger partial charge in [-0.15, -0.1) is 0 Å². The fraction of sp³-hybridized carbons (Fsp3) is 0.115. The molecule has 0 atom stereocenters. The summed E-state index contributed by atoms with van der Waals surface area (Å²) in [5.74, 6) is 0. The number of anilines is 6. The molecule has 64 heavy (non-hydrogen) atoms. The Bertz CT molecular complexity index is 3090. The van der Waals surface area contributed by atoms with Crippen molar-refractivity contribution in [3.63, 3.8) is 0 Å². The predicted molar refractivity (Wildman–Crippen MR) is 275 cm³/mol. The Morgan fingerprint density at radius 3 is 1.09 bits per heavy atom. The van der Waals surface area contributed by atoms with E-state index in [0.29, 0.717) is 0 Å². The molecule has 9 aromatic carbocycles. The highest BCUT2D eigenvalue weighted by atomic mass is 15.2. The van der Waals surface area contributed by atoms with E-state index in [4.69, 9.17) is 0 Å². The highest BCUT2D eigenvalue weighted by molar-refractivity contribution is 7.00. The van der Waals surface area contributed by atoms with E-state index in [9.17, 15) is 0 Å². The van der Waals surface area contributed by atoms with Crippen LogP contribution in [0.15, 0.2) is 182 Å². The van der Waals surface area contributed by atoms with Crippen LogP contribution in [0.2, 0.25) is 0 Å². The lowest BCUT2D eigenvalue weighted by Crippen LogP contribution is -2.61. The van der Waals surface area contributed by atoms with E-state index < -0.39 is 0 Å². The summed E-state index contributed by atoms with van der Waals surface area (Å²) < 4.78 is 0. The molecule has 0 N–H and O–H groups in total. The Morgan fingerprint density at radius 1 is 0.297 bits per heavy atom. The molecule has 0 unspecified atom stereocenters. The zero-order valence-corrected chi connectivity index (χ0v) is 37.8. The Kier molecular flexibility index (Phi) is 9.54. The van der Waals surface area contributed by atoms with Crippen molar-refractivity contribution in [2.75, 3.05) is 9.80 Å². The third kappa shape index (κ3) is 6.41. The first-order chi connectivity index (χ1) is 31.1. The molecule has 0 saturated heterocycles. The van der Waals surface area contributed by atoms with Gasteiger partial charge in [0.2, 0.25) is 0 Å². The van der Waals surface area contributed by atoms with Crippen LogP contribution in [0.1, 0.15) is 38.9 Å². The van der Waals surface area contributed by atoms with Gasteiger partial charge < -0.3 is 9.80 Å². The zero-order chi connectivity index (χ0) is 43.8. The van der Waals surface area contributed by atoms with Crippen LogP contribution in [0.4, 0.5) is 34.1 Å². The zero-order valence-electron chi connectivity index (χ0n) is 37.8. The Balaban J connectivity index is 1.30. The molecule has 0 aliphatic carbocycles. The first kappa shape index (κ1) is 39.5. The van der Waals surface area contributed by atoms with Gasteiger partial charge >= 0.3 is 0 Å². The first-order valence-electron chi connectivity index (χ1n) is 22.6. The fourth-order valence-electron chi connectivity index (χ4n) is 10.7. The second kappa shape index (κ2) is 15.5. The summed E-state index contributed by atoms with van der Waals surface area (Å²) in [5, 5.41) is 0. The molecule has 3 heteroatoms. The van der Waals surface area contributed by atoms with Gasteiger partial charge in [-0.3, -0.25) is 0 Å². The van der Waals surface area contributed by atoms with E-state index in [2.05, 4.69) is 240 Å². The third-order valence-corrected chi connectivity index (χ3v) is 13.5. The molecule has 308 valence electrons.